The summed E-state index contributed by atoms with van der Waals surface area (Å²) >= 11 is 0. The summed E-state index contributed by atoms with van der Waals surface area (Å²) in [6, 6.07) is 0. The molecule has 0 saturated carbocycles. The number of nitrogens with zero attached hydrogens (tertiary/aromatic N) is 2. The fraction of sp³-hybridized carbons (Fsp3) is 0.885. The molecule has 0 unspecified atom stereocenters. The predicted octanol–water partition coefficient (Wildman–Crippen LogP) is 8.15. The number of rotatable bonds is 20. The molecule has 0 radical (unpaired) electrons. The van der Waals surface area contributed by atoms with E-state index in [0.29, 0.717) is 0 Å². The van der Waals surface area contributed by atoms with Crippen molar-refractivity contribution < 1.29 is 4.57 Å². The van der Waals surface area contributed by atoms with Gasteiger partial charge in [0.15, 0.2) is 0 Å². The van der Waals surface area contributed by atoms with Crippen molar-refractivity contribution in [1.29, 1.82) is 0 Å². The minimum absolute atomic E-state index is 1.19. The molecule has 0 aliphatic carbocycles. The molecule has 0 bridgehead atoms. The van der Waals surface area contributed by atoms with Crippen LogP contribution in [0.15, 0.2) is 12.4 Å². The molecule has 1 rings (SSSR count). The Kier molecular flexibility index (Phi) is 16.5. The zero-order valence-electron chi connectivity index (χ0n) is 19.7. The predicted molar refractivity (Wildman–Crippen MR) is 124 cm³/mol. The number of imidazole rings is 1. The van der Waals surface area contributed by atoms with Gasteiger partial charge in [0.05, 0.1) is 13.1 Å². The smallest absolute Gasteiger partial charge is 0.234 e. The highest BCUT2D eigenvalue weighted by molar-refractivity contribution is 4.79. The molecule has 164 valence electrons. The van der Waals surface area contributed by atoms with Gasteiger partial charge >= 0.3 is 0 Å². The first-order valence-electron chi connectivity index (χ1n) is 12.8. The van der Waals surface area contributed by atoms with E-state index in [2.05, 4.69) is 42.3 Å². The number of hydrogen-bond donors (Lipinski definition) is 0. The molecule has 0 spiro atoms. The number of hydrogen-bond acceptors (Lipinski definition) is 0. The van der Waals surface area contributed by atoms with Crippen LogP contribution >= 0.6 is 0 Å². The number of aromatic nitrogens is 2. The van der Waals surface area contributed by atoms with Gasteiger partial charge < -0.3 is 0 Å². The van der Waals surface area contributed by atoms with E-state index in [1.807, 2.05) is 0 Å². The van der Waals surface area contributed by atoms with Crippen LogP contribution in [0.3, 0.4) is 0 Å². The van der Waals surface area contributed by atoms with E-state index < -0.39 is 0 Å². The summed E-state index contributed by atoms with van der Waals surface area (Å²) in [4.78, 5) is 0. The third-order valence-electron chi connectivity index (χ3n) is 6.26. The van der Waals surface area contributed by atoms with Crippen LogP contribution in [0.4, 0.5) is 0 Å². The van der Waals surface area contributed by atoms with Crippen LogP contribution < -0.4 is 4.57 Å². The topological polar surface area (TPSA) is 8.81 Å². The van der Waals surface area contributed by atoms with E-state index in [9.17, 15) is 0 Å². The lowest BCUT2D eigenvalue weighted by molar-refractivity contribution is -0.702. The maximum atomic E-state index is 2.45. The molecular formula is C26H51N2+. The molecule has 0 aliphatic rings. The Morgan fingerprint density at radius 2 is 1.04 bits per heavy atom. The van der Waals surface area contributed by atoms with Gasteiger partial charge in [-0.1, -0.05) is 104 Å². The van der Waals surface area contributed by atoms with Crippen molar-refractivity contribution in [3.8, 4) is 0 Å². The first-order chi connectivity index (χ1) is 13.8. The van der Waals surface area contributed by atoms with E-state index in [0.717, 1.165) is 0 Å². The second kappa shape index (κ2) is 18.3. The van der Waals surface area contributed by atoms with Crippen molar-refractivity contribution >= 4 is 0 Å². The van der Waals surface area contributed by atoms with Crippen LogP contribution in [0.25, 0.3) is 0 Å². The molecule has 0 amide bonds. The zero-order valence-corrected chi connectivity index (χ0v) is 19.7. The normalized spacial score (nSPS) is 11.4. The molecular weight excluding hydrogens is 340 g/mol. The van der Waals surface area contributed by atoms with Gasteiger partial charge in [-0.15, -0.1) is 0 Å². The summed E-state index contributed by atoms with van der Waals surface area (Å²) in [5.74, 6) is 1.43. The van der Waals surface area contributed by atoms with E-state index in [4.69, 9.17) is 0 Å². The molecule has 1 aromatic heterocycles. The maximum absolute atomic E-state index is 2.45. The molecule has 0 aliphatic heterocycles. The second-order valence-corrected chi connectivity index (χ2v) is 8.89. The maximum Gasteiger partial charge on any atom is 0.253 e. The SMILES string of the molecule is CCCCCCCCCCCCCCCCCn1cc[n+](CCCCC)c1C. The van der Waals surface area contributed by atoms with Crippen LogP contribution in [0.5, 0.6) is 0 Å². The largest absolute Gasteiger partial charge is 0.253 e. The van der Waals surface area contributed by atoms with Gasteiger partial charge in [0.2, 0.25) is 0 Å². The van der Waals surface area contributed by atoms with Gasteiger partial charge in [0.25, 0.3) is 5.82 Å². The van der Waals surface area contributed by atoms with Crippen LogP contribution in [0.2, 0.25) is 0 Å². The zero-order chi connectivity index (χ0) is 20.3. The molecule has 0 aromatic carbocycles. The average molecular weight is 392 g/mol. The monoisotopic (exact) mass is 391 g/mol. The third kappa shape index (κ3) is 12.6. The molecule has 2 heteroatoms. The summed E-state index contributed by atoms with van der Waals surface area (Å²) in [5.41, 5.74) is 0. The Morgan fingerprint density at radius 3 is 1.54 bits per heavy atom. The number of unbranched alkanes of at least 4 members (excludes halogenated alkanes) is 16. The molecule has 1 heterocycles. The fourth-order valence-corrected chi connectivity index (χ4v) is 4.20. The molecule has 0 fully saturated rings. The van der Waals surface area contributed by atoms with E-state index in [1.54, 1.807) is 0 Å². The van der Waals surface area contributed by atoms with Gasteiger partial charge in [0.1, 0.15) is 12.4 Å². The standard InChI is InChI=1S/C26H51N2/c1-4-6-8-9-10-11-12-13-14-15-16-17-18-19-21-23-28-25-24-27(26(28)3)22-20-7-5-2/h24-25H,4-23H2,1-3H3/q+1. The van der Waals surface area contributed by atoms with Crippen molar-refractivity contribution in [2.45, 2.75) is 149 Å². The van der Waals surface area contributed by atoms with Crippen molar-refractivity contribution in [2.24, 2.45) is 0 Å². The first kappa shape index (κ1) is 25.2. The van der Waals surface area contributed by atoms with Crippen molar-refractivity contribution in [2.75, 3.05) is 0 Å². The van der Waals surface area contributed by atoms with Gasteiger partial charge in [-0.3, -0.25) is 0 Å². The van der Waals surface area contributed by atoms with Crippen molar-refractivity contribution in [3.63, 3.8) is 0 Å². The lowest BCUT2D eigenvalue weighted by Crippen LogP contribution is -2.35. The van der Waals surface area contributed by atoms with Crippen molar-refractivity contribution in [1.82, 2.24) is 4.57 Å². The number of aryl methyl sites for hydroxylation is 2. The van der Waals surface area contributed by atoms with Gasteiger partial charge in [0, 0.05) is 6.92 Å². The van der Waals surface area contributed by atoms with Crippen LogP contribution in [-0.4, -0.2) is 4.57 Å². The molecule has 2 nitrogen and oxygen atoms in total. The van der Waals surface area contributed by atoms with Gasteiger partial charge in [-0.2, -0.15) is 0 Å². The Bertz CT molecular complexity index is 449. The summed E-state index contributed by atoms with van der Waals surface area (Å²) < 4.78 is 4.88. The molecule has 28 heavy (non-hydrogen) atoms. The van der Waals surface area contributed by atoms with Crippen LogP contribution in [-0.2, 0) is 13.1 Å². The minimum Gasteiger partial charge on any atom is -0.234 e. The third-order valence-corrected chi connectivity index (χ3v) is 6.26. The van der Waals surface area contributed by atoms with E-state index in [1.165, 1.54) is 134 Å². The lowest BCUT2D eigenvalue weighted by Gasteiger charge is -2.04. The summed E-state index contributed by atoms with van der Waals surface area (Å²) in [7, 11) is 0. The molecule has 0 saturated heterocycles. The van der Waals surface area contributed by atoms with Gasteiger partial charge in [-0.25, -0.2) is 9.13 Å². The highest BCUT2D eigenvalue weighted by Gasteiger charge is 2.10. The lowest BCUT2D eigenvalue weighted by atomic mass is 10.0. The highest BCUT2D eigenvalue weighted by Crippen LogP contribution is 2.13. The fourth-order valence-electron chi connectivity index (χ4n) is 4.20. The second-order valence-electron chi connectivity index (χ2n) is 8.89. The van der Waals surface area contributed by atoms with E-state index in [-0.39, 0.29) is 0 Å². The van der Waals surface area contributed by atoms with Crippen molar-refractivity contribution in [3.05, 3.63) is 18.2 Å². The Hall–Kier alpha value is -0.790. The summed E-state index contributed by atoms with van der Waals surface area (Å²) in [6.45, 7) is 9.24. The Labute approximate surface area is 177 Å². The molecule has 0 atom stereocenters. The Morgan fingerprint density at radius 1 is 0.607 bits per heavy atom. The summed E-state index contributed by atoms with van der Waals surface area (Å²) in [5, 5.41) is 0. The van der Waals surface area contributed by atoms with Gasteiger partial charge in [-0.05, 0) is 25.7 Å². The first-order valence-corrected chi connectivity index (χ1v) is 12.8. The minimum atomic E-state index is 1.19. The quantitative estimate of drug-likeness (QED) is 0.157. The Balaban J connectivity index is 1.88. The molecule has 0 N–H and O–H groups in total. The summed E-state index contributed by atoms with van der Waals surface area (Å²) in [6.07, 6.45) is 30.1. The van der Waals surface area contributed by atoms with Crippen LogP contribution in [0, 0.1) is 6.92 Å². The highest BCUT2D eigenvalue weighted by atomic mass is 15.1. The average Bonchev–Trinajstić information content (AvgIpc) is 3.05. The van der Waals surface area contributed by atoms with E-state index >= 15 is 0 Å². The molecule has 1 aromatic rings. The van der Waals surface area contributed by atoms with Crippen LogP contribution in [0.1, 0.15) is 135 Å².